The Morgan fingerprint density at radius 3 is 2.76 bits per heavy atom. The average Bonchev–Trinajstić information content (AvgIpc) is 3.16. The van der Waals surface area contributed by atoms with Crippen molar-refractivity contribution in [1.29, 1.82) is 0 Å². The van der Waals surface area contributed by atoms with Crippen LogP contribution in [0.25, 0.3) is 11.0 Å². The lowest BCUT2D eigenvalue weighted by Gasteiger charge is -2.21. The lowest BCUT2D eigenvalue weighted by molar-refractivity contribution is 1.02. The number of nitrogens with one attached hydrogen (secondary N) is 1. The van der Waals surface area contributed by atoms with Crippen LogP contribution in [0.1, 0.15) is 0 Å². The number of benzene rings is 2. The molecular formula is C15H13N5S. The minimum atomic E-state index is 0.794. The van der Waals surface area contributed by atoms with Crippen LogP contribution in [-0.4, -0.2) is 27.8 Å². The van der Waals surface area contributed by atoms with E-state index in [9.17, 15) is 0 Å². The molecule has 0 fully saturated rings. The van der Waals surface area contributed by atoms with E-state index in [1.807, 2.05) is 36.4 Å². The Labute approximate surface area is 126 Å². The molecule has 1 N–H and O–H groups in total. The van der Waals surface area contributed by atoms with E-state index in [-0.39, 0.29) is 0 Å². The lowest BCUT2D eigenvalue weighted by Crippen LogP contribution is -2.32. The summed E-state index contributed by atoms with van der Waals surface area (Å²) in [6.07, 6.45) is 0. The Bertz CT molecular complexity index is 796. The van der Waals surface area contributed by atoms with Crippen LogP contribution in [0.2, 0.25) is 0 Å². The van der Waals surface area contributed by atoms with E-state index in [4.69, 9.17) is 0 Å². The molecule has 0 spiro atoms. The fraction of sp³-hybridized carbons (Fsp3) is 0.133. The van der Waals surface area contributed by atoms with E-state index in [0.717, 1.165) is 41.5 Å². The first kappa shape index (κ1) is 12.3. The third-order valence-corrected chi connectivity index (χ3v) is 3.98. The van der Waals surface area contributed by atoms with Gasteiger partial charge in [-0.05, 0) is 30.3 Å². The molecule has 0 radical (unpaired) electrons. The molecule has 1 aliphatic heterocycles. The Hall–Kier alpha value is -2.47. The van der Waals surface area contributed by atoms with Gasteiger partial charge in [-0.3, -0.25) is 4.99 Å². The molecular weight excluding hydrogens is 282 g/mol. The first-order valence-corrected chi connectivity index (χ1v) is 7.49. The molecule has 1 aliphatic rings. The van der Waals surface area contributed by atoms with Crippen LogP contribution in [0, 0.1) is 0 Å². The lowest BCUT2D eigenvalue weighted by atomic mass is 10.2. The van der Waals surface area contributed by atoms with E-state index in [0.29, 0.717) is 0 Å². The highest BCUT2D eigenvalue weighted by molar-refractivity contribution is 7.00. The molecule has 0 bridgehead atoms. The highest BCUT2D eigenvalue weighted by Gasteiger charge is 2.19. The Kier molecular flexibility index (Phi) is 3.01. The summed E-state index contributed by atoms with van der Waals surface area (Å²) < 4.78 is 8.54. The molecule has 1 aromatic heterocycles. The maximum absolute atomic E-state index is 4.55. The van der Waals surface area contributed by atoms with Gasteiger partial charge in [0.2, 0.25) is 5.96 Å². The van der Waals surface area contributed by atoms with Gasteiger partial charge in [0.15, 0.2) is 0 Å². The number of aliphatic imine (C=N–C) groups is 1. The van der Waals surface area contributed by atoms with E-state index in [1.54, 1.807) is 0 Å². The molecule has 4 rings (SSSR count). The maximum Gasteiger partial charge on any atom is 0.203 e. The minimum absolute atomic E-state index is 0.794. The second-order valence-electron chi connectivity index (χ2n) is 4.79. The second kappa shape index (κ2) is 5.14. The molecule has 0 atom stereocenters. The summed E-state index contributed by atoms with van der Waals surface area (Å²) in [4.78, 5) is 6.73. The van der Waals surface area contributed by atoms with Gasteiger partial charge in [0, 0.05) is 17.9 Å². The molecule has 0 aliphatic carbocycles. The smallest absolute Gasteiger partial charge is 0.203 e. The predicted octanol–water partition coefficient (Wildman–Crippen LogP) is 2.98. The minimum Gasteiger partial charge on any atom is -0.326 e. The largest absolute Gasteiger partial charge is 0.326 e. The van der Waals surface area contributed by atoms with Crippen LogP contribution < -0.4 is 10.2 Å². The fourth-order valence-electron chi connectivity index (χ4n) is 2.39. The summed E-state index contributed by atoms with van der Waals surface area (Å²) >= 11 is 1.24. The molecule has 6 heteroatoms. The number of hydrogen-bond donors (Lipinski definition) is 1. The van der Waals surface area contributed by atoms with Crippen LogP contribution in [0.15, 0.2) is 53.5 Å². The number of anilines is 2. The Morgan fingerprint density at radius 1 is 1.00 bits per heavy atom. The summed E-state index contributed by atoms with van der Waals surface area (Å²) in [6.45, 7) is 1.67. The van der Waals surface area contributed by atoms with Crippen LogP contribution in [0.4, 0.5) is 11.4 Å². The molecule has 0 saturated carbocycles. The number of hydrogen-bond acceptors (Lipinski definition) is 6. The highest BCUT2D eigenvalue weighted by atomic mass is 32.1. The van der Waals surface area contributed by atoms with Gasteiger partial charge < -0.3 is 10.2 Å². The predicted molar refractivity (Wildman–Crippen MR) is 87.1 cm³/mol. The fourth-order valence-corrected chi connectivity index (χ4v) is 2.91. The van der Waals surface area contributed by atoms with Gasteiger partial charge in [-0.1, -0.05) is 18.2 Å². The molecule has 2 aromatic carbocycles. The van der Waals surface area contributed by atoms with E-state index >= 15 is 0 Å². The standard InChI is InChI=1S/C15H13N5S/c1-2-4-11(5-3-1)17-15-16-8-9-20(15)12-6-7-13-14(10-12)19-21-18-13/h1-7,10H,8-9H2,(H,16,17). The third kappa shape index (κ3) is 2.34. The van der Waals surface area contributed by atoms with Gasteiger partial charge in [0.1, 0.15) is 11.0 Å². The summed E-state index contributed by atoms with van der Waals surface area (Å²) in [7, 11) is 0. The zero-order valence-electron chi connectivity index (χ0n) is 11.2. The SMILES string of the molecule is c1ccc(NC2=NCCN2c2ccc3nsnc3c2)cc1. The van der Waals surface area contributed by atoms with E-state index in [1.165, 1.54) is 11.7 Å². The van der Waals surface area contributed by atoms with E-state index in [2.05, 4.69) is 36.1 Å². The van der Waals surface area contributed by atoms with Crippen molar-refractivity contribution in [2.24, 2.45) is 4.99 Å². The molecule has 2 heterocycles. The Balaban J connectivity index is 1.63. The first-order chi connectivity index (χ1) is 10.4. The van der Waals surface area contributed by atoms with E-state index < -0.39 is 0 Å². The van der Waals surface area contributed by atoms with Crippen LogP contribution in [-0.2, 0) is 0 Å². The summed E-state index contributed by atoms with van der Waals surface area (Å²) in [5, 5.41) is 3.37. The molecule has 0 amide bonds. The van der Waals surface area contributed by atoms with Crippen molar-refractivity contribution in [3.05, 3.63) is 48.5 Å². The summed E-state index contributed by atoms with van der Waals surface area (Å²) in [6, 6.07) is 16.2. The first-order valence-electron chi connectivity index (χ1n) is 6.76. The number of fused-ring (bicyclic) bond motifs is 1. The van der Waals surface area contributed by atoms with Crippen molar-refractivity contribution < 1.29 is 0 Å². The number of rotatable bonds is 2. The molecule has 0 unspecified atom stereocenters. The number of aromatic nitrogens is 2. The van der Waals surface area contributed by atoms with Crippen LogP contribution >= 0.6 is 11.7 Å². The quantitative estimate of drug-likeness (QED) is 0.789. The molecule has 104 valence electrons. The van der Waals surface area contributed by atoms with Gasteiger partial charge in [-0.25, -0.2) is 0 Å². The molecule has 21 heavy (non-hydrogen) atoms. The number of nitrogens with zero attached hydrogens (tertiary/aromatic N) is 4. The zero-order chi connectivity index (χ0) is 14.1. The zero-order valence-corrected chi connectivity index (χ0v) is 12.0. The van der Waals surface area contributed by atoms with Gasteiger partial charge in [0.25, 0.3) is 0 Å². The van der Waals surface area contributed by atoms with Gasteiger partial charge in [0.05, 0.1) is 18.3 Å². The van der Waals surface area contributed by atoms with Crippen molar-refractivity contribution >= 4 is 40.1 Å². The highest BCUT2D eigenvalue weighted by Crippen LogP contribution is 2.23. The number of guanidine groups is 1. The van der Waals surface area contributed by atoms with Gasteiger partial charge in [-0.15, -0.1) is 0 Å². The molecule has 3 aromatic rings. The van der Waals surface area contributed by atoms with Crippen LogP contribution in [0.3, 0.4) is 0 Å². The molecule has 5 nitrogen and oxygen atoms in total. The maximum atomic E-state index is 4.55. The topological polar surface area (TPSA) is 53.4 Å². The second-order valence-corrected chi connectivity index (χ2v) is 5.31. The van der Waals surface area contributed by atoms with Crippen molar-refractivity contribution in [2.45, 2.75) is 0 Å². The average molecular weight is 295 g/mol. The summed E-state index contributed by atoms with van der Waals surface area (Å²) in [5.41, 5.74) is 4.01. The Morgan fingerprint density at radius 2 is 1.86 bits per heavy atom. The van der Waals surface area contributed by atoms with Crippen molar-refractivity contribution in [3.63, 3.8) is 0 Å². The van der Waals surface area contributed by atoms with Gasteiger partial charge >= 0.3 is 0 Å². The van der Waals surface area contributed by atoms with Crippen LogP contribution in [0.5, 0.6) is 0 Å². The van der Waals surface area contributed by atoms with Crippen molar-refractivity contribution in [1.82, 2.24) is 8.75 Å². The third-order valence-electron chi connectivity index (χ3n) is 3.42. The summed E-state index contributed by atoms with van der Waals surface area (Å²) in [5.74, 6) is 0.878. The van der Waals surface area contributed by atoms with Gasteiger partial charge in [-0.2, -0.15) is 8.75 Å². The number of para-hydroxylation sites is 1. The van der Waals surface area contributed by atoms with Crippen molar-refractivity contribution in [2.75, 3.05) is 23.3 Å². The van der Waals surface area contributed by atoms with Crippen molar-refractivity contribution in [3.8, 4) is 0 Å². The normalized spacial score (nSPS) is 14.5. The molecule has 0 saturated heterocycles. The monoisotopic (exact) mass is 295 g/mol.